The summed E-state index contributed by atoms with van der Waals surface area (Å²) in [6, 6.07) is 0. The molecule has 1 atom stereocenters. The third kappa shape index (κ3) is 2.33. The van der Waals surface area contributed by atoms with Crippen LogP contribution in [0.15, 0.2) is 0 Å². The lowest BCUT2D eigenvalue weighted by Crippen LogP contribution is -2.08. The van der Waals surface area contributed by atoms with E-state index in [1.807, 2.05) is 0 Å². The monoisotopic (exact) mass is 130 g/mol. The van der Waals surface area contributed by atoms with Crippen molar-refractivity contribution in [2.75, 3.05) is 6.61 Å². The summed E-state index contributed by atoms with van der Waals surface area (Å²) in [5, 5.41) is 0. The standard InChI is InChI=1S/C7H14O2/c1-2-7-5-3-4-6-8-9-7/h7H,2-6H2,1H3. The summed E-state index contributed by atoms with van der Waals surface area (Å²) in [7, 11) is 0. The minimum atomic E-state index is 0.354. The van der Waals surface area contributed by atoms with E-state index in [0.717, 1.165) is 25.9 Å². The minimum absolute atomic E-state index is 0.354. The Balaban J connectivity index is 2.18. The highest BCUT2D eigenvalue weighted by Crippen LogP contribution is 2.12. The molecule has 1 aliphatic rings. The van der Waals surface area contributed by atoms with Crippen molar-refractivity contribution in [1.82, 2.24) is 0 Å². The Kier molecular flexibility index (Phi) is 3.01. The first-order valence-electron chi connectivity index (χ1n) is 3.71. The van der Waals surface area contributed by atoms with Gasteiger partial charge in [-0.15, -0.1) is 0 Å². The molecule has 0 spiro atoms. The fourth-order valence-electron chi connectivity index (χ4n) is 0.998. The first-order valence-corrected chi connectivity index (χ1v) is 3.71. The molecule has 1 fully saturated rings. The van der Waals surface area contributed by atoms with Gasteiger partial charge in [-0.2, -0.15) is 0 Å². The highest BCUT2D eigenvalue weighted by Gasteiger charge is 2.10. The molecule has 2 heteroatoms. The Hall–Kier alpha value is -0.0800. The molecule has 0 aromatic heterocycles. The molecular weight excluding hydrogens is 116 g/mol. The summed E-state index contributed by atoms with van der Waals surface area (Å²) in [6.07, 6.45) is 4.98. The first-order chi connectivity index (χ1) is 4.43. The molecule has 1 unspecified atom stereocenters. The van der Waals surface area contributed by atoms with Gasteiger partial charge in [-0.3, -0.25) is 0 Å². The van der Waals surface area contributed by atoms with Crippen LogP contribution in [0, 0.1) is 0 Å². The first kappa shape index (κ1) is 7.03. The van der Waals surface area contributed by atoms with Crippen molar-refractivity contribution in [3.63, 3.8) is 0 Å². The lowest BCUT2D eigenvalue weighted by molar-refractivity contribution is -0.318. The molecule has 0 aliphatic carbocycles. The van der Waals surface area contributed by atoms with Crippen molar-refractivity contribution in [2.24, 2.45) is 0 Å². The molecule has 1 rings (SSSR count). The molecule has 1 aliphatic heterocycles. The van der Waals surface area contributed by atoms with Crippen LogP contribution in [0.25, 0.3) is 0 Å². The Morgan fingerprint density at radius 1 is 1.44 bits per heavy atom. The molecule has 0 amide bonds. The summed E-state index contributed by atoms with van der Waals surface area (Å²) in [6.45, 7) is 2.90. The van der Waals surface area contributed by atoms with Crippen LogP contribution in [0.1, 0.15) is 32.6 Å². The van der Waals surface area contributed by atoms with Crippen molar-refractivity contribution < 1.29 is 9.78 Å². The second-order valence-electron chi connectivity index (χ2n) is 2.44. The van der Waals surface area contributed by atoms with Gasteiger partial charge in [-0.1, -0.05) is 6.92 Å². The largest absolute Gasteiger partial charge is 0.236 e. The van der Waals surface area contributed by atoms with E-state index >= 15 is 0 Å². The summed E-state index contributed by atoms with van der Waals surface area (Å²) in [5.74, 6) is 0. The van der Waals surface area contributed by atoms with Crippen LogP contribution >= 0.6 is 0 Å². The van der Waals surface area contributed by atoms with E-state index in [1.54, 1.807) is 0 Å². The van der Waals surface area contributed by atoms with Crippen molar-refractivity contribution >= 4 is 0 Å². The lowest BCUT2D eigenvalue weighted by Gasteiger charge is -2.08. The van der Waals surface area contributed by atoms with E-state index in [1.165, 1.54) is 6.42 Å². The van der Waals surface area contributed by atoms with Gasteiger partial charge in [0.05, 0.1) is 12.7 Å². The zero-order valence-corrected chi connectivity index (χ0v) is 5.93. The zero-order valence-electron chi connectivity index (χ0n) is 5.93. The maximum absolute atomic E-state index is 5.05. The van der Waals surface area contributed by atoms with Gasteiger partial charge in [-0.25, -0.2) is 9.78 Å². The third-order valence-electron chi connectivity index (χ3n) is 1.66. The van der Waals surface area contributed by atoms with Crippen LogP contribution in [0.4, 0.5) is 0 Å². The van der Waals surface area contributed by atoms with Gasteiger partial charge in [0, 0.05) is 0 Å². The molecule has 1 saturated heterocycles. The van der Waals surface area contributed by atoms with Crippen molar-refractivity contribution in [3.05, 3.63) is 0 Å². The molecule has 0 aromatic rings. The van der Waals surface area contributed by atoms with E-state index < -0.39 is 0 Å². The maximum Gasteiger partial charge on any atom is 0.0927 e. The van der Waals surface area contributed by atoms with Crippen molar-refractivity contribution in [2.45, 2.75) is 38.7 Å². The molecule has 0 aromatic carbocycles. The average molecular weight is 130 g/mol. The number of hydrogen-bond acceptors (Lipinski definition) is 2. The highest BCUT2D eigenvalue weighted by molar-refractivity contribution is 4.55. The number of rotatable bonds is 1. The normalized spacial score (nSPS) is 29.7. The molecule has 2 nitrogen and oxygen atoms in total. The van der Waals surface area contributed by atoms with Gasteiger partial charge in [0.15, 0.2) is 0 Å². The SMILES string of the molecule is CCC1CCCCOO1. The Morgan fingerprint density at radius 2 is 2.33 bits per heavy atom. The summed E-state index contributed by atoms with van der Waals surface area (Å²) in [4.78, 5) is 9.95. The second kappa shape index (κ2) is 3.85. The van der Waals surface area contributed by atoms with E-state index in [9.17, 15) is 0 Å². The van der Waals surface area contributed by atoms with E-state index in [0.29, 0.717) is 6.10 Å². The van der Waals surface area contributed by atoms with Gasteiger partial charge in [0.2, 0.25) is 0 Å². The van der Waals surface area contributed by atoms with E-state index in [-0.39, 0.29) is 0 Å². The Bertz CT molecular complexity index is 65.3. The summed E-state index contributed by atoms with van der Waals surface area (Å²) < 4.78 is 0. The molecular formula is C7H14O2. The molecule has 9 heavy (non-hydrogen) atoms. The highest BCUT2D eigenvalue weighted by atomic mass is 17.2. The molecule has 54 valence electrons. The minimum Gasteiger partial charge on any atom is -0.236 e. The topological polar surface area (TPSA) is 18.5 Å². The Labute approximate surface area is 56.1 Å². The molecule has 0 bridgehead atoms. The van der Waals surface area contributed by atoms with Crippen LogP contribution in [-0.2, 0) is 9.78 Å². The van der Waals surface area contributed by atoms with Crippen LogP contribution in [0.3, 0.4) is 0 Å². The van der Waals surface area contributed by atoms with E-state index in [2.05, 4.69) is 6.92 Å². The van der Waals surface area contributed by atoms with Gasteiger partial charge < -0.3 is 0 Å². The van der Waals surface area contributed by atoms with Crippen LogP contribution < -0.4 is 0 Å². The fraction of sp³-hybridized carbons (Fsp3) is 1.00. The van der Waals surface area contributed by atoms with Crippen molar-refractivity contribution in [1.29, 1.82) is 0 Å². The molecule has 1 heterocycles. The molecule has 0 saturated carbocycles. The summed E-state index contributed by atoms with van der Waals surface area (Å²) >= 11 is 0. The second-order valence-corrected chi connectivity index (χ2v) is 2.44. The predicted octanol–water partition coefficient (Wildman–Crippen LogP) is 1.90. The maximum atomic E-state index is 5.05. The van der Waals surface area contributed by atoms with Crippen LogP contribution in [-0.4, -0.2) is 12.7 Å². The van der Waals surface area contributed by atoms with Gasteiger partial charge in [-0.05, 0) is 25.7 Å². The predicted molar refractivity (Wildman–Crippen MR) is 35.0 cm³/mol. The third-order valence-corrected chi connectivity index (χ3v) is 1.66. The van der Waals surface area contributed by atoms with Gasteiger partial charge >= 0.3 is 0 Å². The van der Waals surface area contributed by atoms with Gasteiger partial charge in [0.1, 0.15) is 0 Å². The smallest absolute Gasteiger partial charge is 0.0927 e. The lowest BCUT2D eigenvalue weighted by atomic mass is 10.1. The molecule has 0 N–H and O–H groups in total. The van der Waals surface area contributed by atoms with E-state index in [4.69, 9.17) is 9.78 Å². The van der Waals surface area contributed by atoms with Crippen LogP contribution in [0.2, 0.25) is 0 Å². The van der Waals surface area contributed by atoms with Crippen LogP contribution in [0.5, 0.6) is 0 Å². The zero-order chi connectivity index (χ0) is 6.53. The Morgan fingerprint density at radius 3 is 3.11 bits per heavy atom. The van der Waals surface area contributed by atoms with Crippen molar-refractivity contribution in [3.8, 4) is 0 Å². The summed E-state index contributed by atoms with van der Waals surface area (Å²) in [5.41, 5.74) is 0. The molecule has 0 radical (unpaired) electrons. The fourth-order valence-corrected chi connectivity index (χ4v) is 0.998. The number of hydrogen-bond donors (Lipinski definition) is 0. The van der Waals surface area contributed by atoms with Gasteiger partial charge in [0.25, 0.3) is 0 Å². The quantitative estimate of drug-likeness (QED) is 0.505. The average Bonchev–Trinajstić information content (AvgIpc) is 2.13.